The molecule has 2 saturated heterocycles. The van der Waals surface area contributed by atoms with Gasteiger partial charge in [0.1, 0.15) is 5.82 Å². The third kappa shape index (κ3) is 2.46. The summed E-state index contributed by atoms with van der Waals surface area (Å²) >= 11 is 0. The van der Waals surface area contributed by atoms with Crippen molar-refractivity contribution in [1.82, 2.24) is 0 Å². The average molecular weight is 294 g/mol. The van der Waals surface area contributed by atoms with E-state index in [0.29, 0.717) is 12.8 Å². The highest BCUT2D eigenvalue weighted by Gasteiger charge is 2.40. The quantitative estimate of drug-likeness (QED) is 0.783. The van der Waals surface area contributed by atoms with Gasteiger partial charge in [0, 0.05) is 27.2 Å². The van der Waals surface area contributed by atoms with Gasteiger partial charge in [0.25, 0.3) is 0 Å². The van der Waals surface area contributed by atoms with Gasteiger partial charge in [-0.1, -0.05) is 18.1 Å². The van der Waals surface area contributed by atoms with Crippen LogP contribution in [0.15, 0.2) is 18.2 Å². The molecule has 0 N–H and O–H groups in total. The first-order valence-corrected chi connectivity index (χ1v) is 8.53. The Morgan fingerprint density at radius 2 is 1.90 bits per heavy atom. The molecule has 0 amide bonds. The molecule has 2 unspecified atom stereocenters. The number of fused-ring (bicyclic) bond motifs is 2. The van der Waals surface area contributed by atoms with E-state index in [0.717, 1.165) is 24.8 Å². The van der Waals surface area contributed by atoms with Crippen molar-refractivity contribution in [3.05, 3.63) is 35.1 Å². The van der Waals surface area contributed by atoms with Crippen molar-refractivity contribution >= 4 is 16.6 Å². The molecular formula is C16H19FO2S. The molecule has 2 bridgehead atoms. The van der Waals surface area contributed by atoms with E-state index in [1.165, 1.54) is 6.07 Å². The Balaban J connectivity index is 1.84. The van der Waals surface area contributed by atoms with E-state index < -0.39 is 16.6 Å². The van der Waals surface area contributed by atoms with Crippen LogP contribution in [0.5, 0.6) is 0 Å². The third-order valence-corrected chi connectivity index (χ3v) is 6.73. The Morgan fingerprint density at radius 3 is 2.55 bits per heavy atom. The molecule has 0 radical (unpaired) electrons. The highest BCUT2D eigenvalue weighted by atomic mass is 32.2. The molecular weight excluding hydrogens is 275 g/mol. The molecule has 2 atom stereocenters. The maximum atomic E-state index is 13.9. The Bertz CT molecular complexity index is 554. The van der Waals surface area contributed by atoms with E-state index in [1.807, 2.05) is 6.92 Å². The fraction of sp³-hybridized carbons (Fsp3) is 0.562. The predicted molar refractivity (Wildman–Crippen MR) is 77.8 cm³/mol. The monoisotopic (exact) mass is 294 g/mol. The number of carbonyl (C=O) groups is 1. The molecule has 2 heterocycles. The van der Waals surface area contributed by atoms with Gasteiger partial charge < -0.3 is 0 Å². The number of Topliss-reactive ketones (excluding diaryl/α,β-unsaturated/α-hetero) is 1. The lowest BCUT2D eigenvalue weighted by molar-refractivity contribution is 0.0891. The zero-order chi connectivity index (χ0) is 14.3. The number of ketones is 1. The summed E-state index contributed by atoms with van der Waals surface area (Å²) in [5, 5.41) is 0.286. The highest BCUT2D eigenvalue weighted by molar-refractivity contribution is 7.86. The van der Waals surface area contributed by atoms with Crippen LogP contribution in [0.4, 0.5) is 4.39 Å². The zero-order valence-electron chi connectivity index (χ0n) is 11.6. The molecule has 4 heteroatoms. The average Bonchev–Trinajstić information content (AvgIpc) is 2.40. The van der Waals surface area contributed by atoms with Gasteiger partial charge in [0.15, 0.2) is 5.78 Å². The molecule has 2 aliphatic rings. The molecule has 2 fully saturated rings. The van der Waals surface area contributed by atoms with Crippen molar-refractivity contribution in [2.45, 2.75) is 49.5 Å². The molecule has 2 nitrogen and oxygen atoms in total. The van der Waals surface area contributed by atoms with Crippen LogP contribution in [0.3, 0.4) is 0 Å². The number of aryl methyl sites for hydroxylation is 1. The van der Waals surface area contributed by atoms with E-state index in [2.05, 4.69) is 0 Å². The van der Waals surface area contributed by atoms with Gasteiger partial charge in [-0.05, 0) is 44.7 Å². The van der Waals surface area contributed by atoms with Crippen molar-refractivity contribution in [2.75, 3.05) is 0 Å². The summed E-state index contributed by atoms with van der Waals surface area (Å²) in [4.78, 5) is 12.6. The molecule has 1 aromatic rings. The van der Waals surface area contributed by atoms with Crippen LogP contribution in [0.1, 0.15) is 48.0 Å². The van der Waals surface area contributed by atoms with Gasteiger partial charge >= 0.3 is 0 Å². The third-order valence-electron chi connectivity index (χ3n) is 4.56. The molecule has 0 aromatic heterocycles. The molecule has 2 aliphatic heterocycles. The van der Waals surface area contributed by atoms with E-state index in [4.69, 9.17) is 0 Å². The van der Waals surface area contributed by atoms with Crippen LogP contribution in [0.2, 0.25) is 0 Å². The van der Waals surface area contributed by atoms with Gasteiger partial charge in [-0.15, -0.1) is 0 Å². The predicted octanol–water partition coefficient (Wildman–Crippen LogP) is 3.40. The normalized spacial score (nSPS) is 32.9. The topological polar surface area (TPSA) is 34.1 Å². The largest absolute Gasteiger partial charge is 0.294 e. The maximum absolute atomic E-state index is 13.9. The Kier molecular flexibility index (Phi) is 3.76. The zero-order valence-corrected chi connectivity index (χ0v) is 12.4. The lowest BCUT2D eigenvalue weighted by atomic mass is 9.84. The van der Waals surface area contributed by atoms with Crippen molar-refractivity contribution in [3.8, 4) is 0 Å². The number of carbonyl (C=O) groups excluding carboxylic acids is 1. The second-order valence-corrected chi connectivity index (χ2v) is 8.01. The Labute approximate surface area is 121 Å². The van der Waals surface area contributed by atoms with Gasteiger partial charge in [0.2, 0.25) is 0 Å². The number of rotatable bonds is 2. The van der Waals surface area contributed by atoms with Crippen LogP contribution >= 0.6 is 0 Å². The van der Waals surface area contributed by atoms with Crippen molar-refractivity contribution in [1.29, 1.82) is 0 Å². The first kappa shape index (κ1) is 13.9. The minimum Gasteiger partial charge on any atom is -0.294 e. The maximum Gasteiger partial charge on any atom is 0.168 e. The molecule has 1 aromatic carbocycles. The minimum atomic E-state index is -0.785. The molecule has 20 heavy (non-hydrogen) atoms. The van der Waals surface area contributed by atoms with E-state index in [-0.39, 0.29) is 27.8 Å². The van der Waals surface area contributed by atoms with Crippen LogP contribution in [0, 0.1) is 18.7 Å². The number of halogens is 1. The van der Waals surface area contributed by atoms with Crippen molar-refractivity contribution in [3.63, 3.8) is 0 Å². The van der Waals surface area contributed by atoms with Gasteiger partial charge in [-0.2, -0.15) is 0 Å². The minimum absolute atomic E-state index is 0.0974. The Morgan fingerprint density at radius 1 is 1.25 bits per heavy atom. The van der Waals surface area contributed by atoms with Crippen molar-refractivity contribution in [2.24, 2.45) is 5.92 Å². The summed E-state index contributed by atoms with van der Waals surface area (Å²) in [5.41, 5.74) is 1.11. The van der Waals surface area contributed by atoms with E-state index in [9.17, 15) is 13.4 Å². The summed E-state index contributed by atoms with van der Waals surface area (Å²) < 4.78 is 26.0. The number of hydrogen-bond acceptors (Lipinski definition) is 2. The SMILES string of the molecule is Cc1ccc(F)c(C(=O)C2CC3CCCC(C2)S3=O)c1. The molecule has 108 valence electrons. The summed E-state index contributed by atoms with van der Waals surface area (Å²) in [6.45, 7) is 1.86. The first-order valence-electron chi connectivity index (χ1n) is 7.26. The molecule has 3 rings (SSSR count). The number of hydrogen-bond donors (Lipinski definition) is 0. The molecule has 0 spiro atoms. The summed E-state index contributed by atoms with van der Waals surface area (Å²) in [7, 11) is -0.785. The van der Waals surface area contributed by atoms with Gasteiger partial charge in [-0.3, -0.25) is 9.00 Å². The van der Waals surface area contributed by atoms with Crippen LogP contribution in [-0.2, 0) is 10.8 Å². The Hall–Kier alpha value is -1.03. The first-order chi connectivity index (χ1) is 9.56. The molecule has 0 aliphatic carbocycles. The second kappa shape index (κ2) is 5.40. The molecule has 0 saturated carbocycles. The van der Waals surface area contributed by atoms with Crippen LogP contribution < -0.4 is 0 Å². The highest BCUT2D eigenvalue weighted by Crippen LogP contribution is 2.38. The summed E-state index contributed by atoms with van der Waals surface area (Å²) in [5.74, 6) is -0.684. The lowest BCUT2D eigenvalue weighted by Gasteiger charge is -2.37. The van der Waals surface area contributed by atoms with Crippen LogP contribution in [-0.4, -0.2) is 20.5 Å². The van der Waals surface area contributed by atoms with Gasteiger partial charge in [0.05, 0.1) is 5.56 Å². The van der Waals surface area contributed by atoms with Crippen LogP contribution in [0.25, 0.3) is 0 Å². The van der Waals surface area contributed by atoms with E-state index in [1.54, 1.807) is 12.1 Å². The summed E-state index contributed by atoms with van der Waals surface area (Å²) in [6, 6.07) is 4.68. The smallest absolute Gasteiger partial charge is 0.168 e. The van der Waals surface area contributed by atoms with E-state index >= 15 is 0 Å². The standard InChI is InChI=1S/C16H19FO2S/c1-10-5-6-15(17)14(7-10)16(18)11-8-12-3-2-4-13(9-11)20(12)19/h5-7,11-13H,2-4,8-9H2,1H3. The number of benzene rings is 1. The lowest BCUT2D eigenvalue weighted by Crippen LogP contribution is -2.41. The fourth-order valence-corrected chi connectivity index (χ4v) is 5.68. The summed E-state index contributed by atoms with van der Waals surface area (Å²) in [6.07, 6.45) is 4.33. The van der Waals surface area contributed by atoms with Crippen molar-refractivity contribution < 1.29 is 13.4 Å². The van der Waals surface area contributed by atoms with Gasteiger partial charge in [-0.25, -0.2) is 4.39 Å². The second-order valence-electron chi connectivity index (χ2n) is 6.02. The fourth-order valence-electron chi connectivity index (χ4n) is 3.50.